The lowest BCUT2D eigenvalue weighted by Gasteiger charge is -2.27. The van der Waals surface area contributed by atoms with Crippen molar-refractivity contribution in [3.05, 3.63) is 93.5 Å². The minimum absolute atomic E-state index is 0.130. The van der Waals surface area contributed by atoms with Gasteiger partial charge in [0.15, 0.2) is 0 Å². The van der Waals surface area contributed by atoms with Crippen LogP contribution in [0.25, 0.3) is 11.1 Å². The average Bonchev–Trinajstić information content (AvgIpc) is 2.79. The number of carboxylic acids is 1. The molecule has 8 nitrogen and oxygen atoms in total. The van der Waals surface area contributed by atoms with Gasteiger partial charge in [-0.3, -0.25) is 9.55 Å². The monoisotopic (exact) mass is 518 g/mol. The zero-order chi connectivity index (χ0) is 26.7. The molecule has 0 bridgehead atoms. The molecule has 5 rings (SSSR count). The highest BCUT2D eigenvalue weighted by atomic mass is 32.2. The van der Waals surface area contributed by atoms with E-state index in [9.17, 15) is 22.9 Å². The Hall–Kier alpha value is -3.95. The van der Waals surface area contributed by atoms with E-state index in [0.29, 0.717) is 49.9 Å². The molecule has 0 radical (unpaired) electrons. The van der Waals surface area contributed by atoms with Crippen LogP contribution in [0.1, 0.15) is 40.9 Å². The number of carboxylic acid groups (broad SMARTS) is 1. The molecule has 9 heteroatoms. The maximum Gasteiger partial charge on any atom is 0.336 e. The van der Waals surface area contributed by atoms with Crippen molar-refractivity contribution in [2.75, 3.05) is 24.7 Å². The fourth-order valence-corrected chi connectivity index (χ4v) is 5.51. The summed E-state index contributed by atoms with van der Waals surface area (Å²) in [5.41, 5.74) is 3.16. The smallest absolute Gasteiger partial charge is 0.336 e. The Morgan fingerprint density at radius 2 is 1.73 bits per heavy atom. The zero-order valence-corrected chi connectivity index (χ0v) is 21.6. The van der Waals surface area contributed by atoms with Crippen LogP contribution >= 0.6 is 0 Å². The molecule has 0 aliphatic carbocycles. The zero-order valence-electron chi connectivity index (χ0n) is 20.8. The van der Waals surface area contributed by atoms with Crippen molar-refractivity contribution in [2.45, 2.75) is 19.4 Å². The summed E-state index contributed by atoms with van der Waals surface area (Å²) >= 11 is 0. The first-order valence-electron chi connectivity index (χ1n) is 11.6. The number of carbonyl (C=O) groups is 1. The van der Waals surface area contributed by atoms with E-state index >= 15 is 0 Å². The van der Waals surface area contributed by atoms with Crippen LogP contribution in [0.3, 0.4) is 0 Å². The maximum absolute atomic E-state index is 12.2. The molecule has 0 fully saturated rings. The summed E-state index contributed by atoms with van der Waals surface area (Å²) in [6.07, 6.45) is 1.72. The first-order chi connectivity index (χ1) is 17.3. The Bertz CT molecular complexity index is 1740. The molecule has 190 valence electrons. The summed E-state index contributed by atoms with van der Waals surface area (Å²) in [5, 5.41) is 11.1. The Kier molecular flexibility index (Phi) is 5.73. The third-order valence-electron chi connectivity index (χ3n) is 6.38. The molecule has 2 aliphatic rings. The standard InChI is InChI=1S/C28H26N2O6S/c1-28(2)14-16(15-37(33,34)35)21-12-22-25(13-23(21)29-28)36-24-11-17(30(3)4)9-10-20(24)26(22)18-7-5-6-8-19(18)27(31)32/h5-14H,15H2,1-4H3,(H,31,32)(H,33,34,35). The van der Waals surface area contributed by atoms with Crippen molar-refractivity contribution in [3.63, 3.8) is 0 Å². The van der Waals surface area contributed by atoms with Crippen molar-refractivity contribution in [3.8, 4) is 11.5 Å². The molecule has 0 aromatic heterocycles. The van der Waals surface area contributed by atoms with Gasteiger partial charge in [0.05, 0.1) is 16.5 Å². The number of fused-ring (bicyclic) bond motifs is 3. The molecule has 0 unspecified atom stereocenters. The summed E-state index contributed by atoms with van der Waals surface area (Å²) < 4.78 is 39.7. The Balaban J connectivity index is 1.91. The van der Waals surface area contributed by atoms with Gasteiger partial charge in [0, 0.05) is 53.8 Å². The van der Waals surface area contributed by atoms with Gasteiger partial charge in [-0.15, -0.1) is 0 Å². The quantitative estimate of drug-likeness (QED) is 0.389. The van der Waals surface area contributed by atoms with E-state index in [0.717, 1.165) is 5.69 Å². The lowest BCUT2D eigenvalue weighted by Crippen LogP contribution is -2.31. The molecule has 2 N–H and O–H groups in total. The molecule has 2 aliphatic heterocycles. The number of hydrogen-bond donors (Lipinski definition) is 2. The van der Waals surface area contributed by atoms with Gasteiger partial charge in [-0.25, -0.2) is 4.79 Å². The molecule has 0 spiro atoms. The highest BCUT2D eigenvalue weighted by Gasteiger charge is 2.28. The Morgan fingerprint density at radius 3 is 2.41 bits per heavy atom. The molecular weight excluding hydrogens is 492 g/mol. The van der Waals surface area contributed by atoms with Crippen molar-refractivity contribution in [1.82, 2.24) is 0 Å². The Morgan fingerprint density at radius 1 is 1.00 bits per heavy atom. The molecule has 2 heterocycles. The van der Waals surface area contributed by atoms with E-state index < -0.39 is 27.4 Å². The molecule has 3 aromatic rings. The molecule has 0 saturated heterocycles. The number of aromatic carboxylic acids is 1. The largest absolute Gasteiger partial charge is 0.478 e. The van der Waals surface area contributed by atoms with Crippen LogP contribution in [0.15, 0.2) is 65.7 Å². The first kappa shape index (κ1) is 24.7. The van der Waals surface area contributed by atoms with Gasteiger partial charge < -0.3 is 14.7 Å². The van der Waals surface area contributed by atoms with Crippen molar-refractivity contribution in [1.29, 1.82) is 0 Å². The molecule has 0 saturated carbocycles. The van der Waals surface area contributed by atoms with Crippen LogP contribution in [0.4, 0.5) is 5.69 Å². The predicted molar refractivity (Wildman–Crippen MR) is 142 cm³/mol. The van der Waals surface area contributed by atoms with Gasteiger partial charge in [0.25, 0.3) is 10.1 Å². The number of ether oxygens (including phenoxy) is 1. The molecular formula is C28H26N2O6S. The third-order valence-corrected chi connectivity index (χ3v) is 7.06. The fraction of sp³-hybridized carbons (Fsp3) is 0.214. The van der Waals surface area contributed by atoms with Crippen LogP contribution in [0.2, 0.25) is 0 Å². The lowest BCUT2D eigenvalue weighted by molar-refractivity contribution is 0.0696. The van der Waals surface area contributed by atoms with E-state index in [-0.39, 0.29) is 5.56 Å². The Labute approximate surface area is 214 Å². The summed E-state index contributed by atoms with van der Waals surface area (Å²) in [6, 6.07) is 16.0. The van der Waals surface area contributed by atoms with E-state index in [2.05, 4.69) is 0 Å². The molecule has 0 atom stereocenters. The molecule has 37 heavy (non-hydrogen) atoms. The fourth-order valence-electron chi connectivity index (χ4n) is 4.88. The van der Waals surface area contributed by atoms with Crippen LogP contribution < -0.4 is 20.2 Å². The summed E-state index contributed by atoms with van der Waals surface area (Å²) in [6.45, 7) is 3.69. The number of hydrogen-bond acceptors (Lipinski definition) is 6. The number of benzene rings is 3. The second-order valence-corrected chi connectivity index (χ2v) is 11.4. The summed E-state index contributed by atoms with van der Waals surface area (Å²) in [7, 11) is -0.474. The van der Waals surface area contributed by atoms with Crippen LogP contribution in [0, 0.1) is 0 Å². The third kappa shape index (κ3) is 4.63. The topological polar surface area (TPSA) is 116 Å². The van der Waals surface area contributed by atoms with Gasteiger partial charge in [0.2, 0.25) is 0 Å². The first-order valence-corrected chi connectivity index (χ1v) is 13.2. The number of rotatable bonds is 5. The maximum atomic E-state index is 12.2. The summed E-state index contributed by atoms with van der Waals surface area (Å²) in [4.78, 5) is 18.9. The number of nitrogens with zero attached hydrogens (tertiary/aromatic N) is 2. The van der Waals surface area contributed by atoms with Crippen LogP contribution in [-0.4, -0.2) is 49.4 Å². The minimum atomic E-state index is -4.31. The van der Waals surface area contributed by atoms with Gasteiger partial charge in [-0.05, 0) is 49.2 Å². The van der Waals surface area contributed by atoms with Gasteiger partial charge in [-0.2, -0.15) is 8.42 Å². The van der Waals surface area contributed by atoms with E-state index in [4.69, 9.17) is 9.73 Å². The van der Waals surface area contributed by atoms with Gasteiger partial charge >= 0.3 is 5.97 Å². The van der Waals surface area contributed by atoms with Crippen molar-refractivity contribution < 1.29 is 27.6 Å². The van der Waals surface area contributed by atoms with Gasteiger partial charge in [0.1, 0.15) is 17.3 Å². The van der Waals surface area contributed by atoms with Crippen molar-refractivity contribution in [2.24, 2.45) is 4.99 Å². The highest BCUT2D eigenvalue weighted by molar-refractivity contribution is 7.86. The second kappa shape index (κ2) is 8.57. The van der Waals surface area contributed by atoms with Gasteiger partial charge in [-0.1, -0.05) is 24.3 Å². The van der Waals surface area contributed by atoms with E-state index in [1.165, 1.54) is 0 Å². The molecule has 0 amide bonds. The number of anilines is 1. The van der Waals surface area contributed by atoms with Crippen molar-refractivity contribution >= 4 is 32.9 Å². The SMILES string of the molecule is CN(C)c1ccc2c(c1)Oc1cc3c(cc1=C2c1ccccc1C(=O)O)C(CS(=O)(=O)O)=CC(C)(C)N=3. The molecule has 3 aromatic carbocycles. The minimum Gasteiger partial charge on any atom is -0.478 e. The predicted octanol–water partition coefficient (Wildman–Crippen LogP) is 3.49. The van der Waals surface area contributed by atoms with Crippen LogP contribution in [-0.2, 0) is 10.1 Å². The van der Waals surface area contributed by atoms with E-state index in [1.807, 2.05) is 51.0 Å². The highest BCUT2D eigenvalue weighted by Crippen LogP contribution is 2.39. The summed E-state index contributed by atoms with van der Waals surface area (Å²) in [5.74, 6) is -0.588. The van der Waals surface area contributed by atoms with Crippen LogP contribution in [0.5, 0.6) is 11.5 Å². The average molecular weight is 519 g/mol. The normalized spacial score (nSPS) is 15.4. The second-order valence-electron chi connectivity index (χ2n) is 9.93. The van der Waals surface area contributed by atoms with E-state index in [1.54, 1.807) is 42.5 Å². The lowest BCUT2D eigenvalue weighted by atomic mass is 9.87.